The molecule has 10 heteroatoms. The molecule has 1 fully saturated rings. The van der Waals surface area contributed by atoms with Crippen LogP contribution < -0.4 is 4.90 Å². The van der Waals surface area contributed by atoms with Crippen molar-refractivity contribution in [3.05, 3.63) is 72.3 Å². The van der Waals surface area contributed by atoms with Crippen LogP contribution in [-0.2, 0) is 10.0 Å². The molecule has 8 nitrogen and oxygen atoms in total. The van der Waals surface area contributed by atoms with E-state index in [0.29, 0.717) is 50.5 Å². The summed E-state index contributed by atoms with van der Waals surface area (Å²) < 4.78 is 40.0. The fourth-order valence-corrected chi connectivity index (χ4v) is 5.56. The van der Waals surface area contributed by atoms with Gasteiger partial charge < -0.3 is 9.80 Å². The zero-order chi connectivity index (χ0) is 25.0. The number of benzene rings is 2. The number of hydrogen-bond donors (Lipinski definition) is 0. The molecule has 1 aliphatic rings. The second-order valence-electron chi connectivity index (χ2n) is 8.16. The fraction of sp³-hybridized carbons (Fsp3) is 0.320. The number of rotatable bonds is 7. The number of anilines is 1. The van der Waals surface area contributed by atoms with Crippen LogP contribution in [0.1, 0.15) is 24.2 Å². The summed E-state index contributed by atoms with van der Waals surface area (Å²) >= 11 is 0. The van der Waals surface area contributed by atoms with E-state index < -0.39 is 10.0 Å². The third kappa shape index (κ3) is 5.33. The van der Waals surface area contributed by atoms with Crippen molar-refractivity contribution in [1.82, 2.24) is 19.2 Å². The Bertz CT molecular complexity index is 1270. The molecule has 1 amide bonds. The molecule has 1 aromatic heterocycles. The van der Waals surface area contributed by atoms with Crippen LogP contribution in [0, 0.1) is 5.82 Å². The van der Waals surface area contributed by atoms with Crippen LogP contribution in [0.4, 0.5) is 10.2 Å². The molecule has 2 aromatic carbocycles. The van der Waals surface area contributed by atoms with Crippen molar-refractivity contribution in [3.8, 4) is 11.3 Å². The van der Waals surface area contributed by atoms with E-state index in [9.17, 15) is 17.6 Å². The fourth-order valence-electron chi connectivity index (χ4n) is 4.10. The Morgan fingerprint density at radius 1 is 0.943 bits per heavy atom. The second kappa shape index (κ2) is 10.5. The molecule has 184 valence electrons. The van der Waals surface area contributed by atoms with E-state index in [0.717, 1.165) is 11.4 Å². The summed E-state index contributed by atoms with van der Waals surface area (Å²) in [4.78, 5) is 25.7. The van der Waals surface area contributed by atoms with Gasteiger partial charge in [-0.15, -0.1) is 0 Å². The average Bonchev–Trinajstić information content (AvgIpc) is 2.89. The van der Waals surface area contributed by atoms with Crippen molar-refractivity contribution in [1.29, 1.82) is 0 Å². The van der Waals surface area contributed by atoms with Gasteiger partial charge in [0, 0.05) is 56.5 Å². The van der Waals surface area contributed by atoms with Gasteiger partial charge in [-0.1, -0.05) is 13.8 Å². The standard InChI is InChI=1S/C25H28FN5O3S/c1-3-31(4-2)35(33,34)22-11-7-20(8-12-22)25(32)30-15-13-29(14-16-30)24-17-23(27-18-28-24)19-5-9-21(26)10-6-19/h5-12,17-18H,3-4,13-16H2,1-2H3. The minimum absolute atomic E-state index is 0.133. The van der Waals surface area contributed by atoms with Crippen LogP contribution in [0.2, 0.25) is 0 Å². The summed E-state index contributed by atoms with van der Waals surface area (Å²) in [7, 11) is -3.56. The number of sulfonamides is 1. The van der Waals surface area contributed by atoms with Crippen LogP contribution in [-0.4, -0.2) is 72.8 Å². The maximum atomic E-state index is 13.2. The average molecular weight is 498 g/mol. The van der Waals surface area contributed by atoms with Crippen molar-refractivity contribution in [2.75, 3.05) is 44.2 Å². The zero-order valence-electron chi connectivity index (χ0n) is 19.8. The van der Waals surface area contributed by atoms with E-state index in [1.807, 2.05) is 6.07 Å². The Balaban J connectivity index is 1.40. The maximum absolute atomic E-state index is 13.2. The van der Waals surface area contributed by atoms with Crippen molar-refractivity contribution >= 4 is 21.7 Å². The van der Waals surface area contributed by atoms with Gasteiger partial charge in [-0.05, 0) is 48.5 Å². The molecule has 1 aliphatic heterocycles. The van der Waals surface area contributed by atoms with Gasteiger partial charge in [-0.3, -0.25) is 4.79 Å². The molecule has 0 unspecified atom stereocenters. The minimum atomic E-state index is -3.56. The maximum Gasteiger partial charge on any atom is 0.253 e. The highest BCUT2D eigenvalue weighted by molar-refractivity contribution is 7.89. The van der Waals surface area contributed by atoms with Gasteiger partial charge in [0.25, 0.3) is 5.91 Å². The number of nitrogens with zero attached hydrogens (tertiary/aromatic N) is 5. The van der Waals surface area contributed by atoms with Crippen LogP contribution >= 0.6 is 0 Å². The summed E-state index contributed by atoms with van der Waals surface area (Å²) in [6.07, 6.45) is 1.49. The van der Waals surface area contributed by atoms with Crippen molar-refractivity contribution in [2.45, 2.75) is 18.7 Å². The number of piperazine rings is 1. The third-order valence-electron chi connectivity index (χ3n) is 6.13. The van der Waals surface area contributed by atoms with E-state index in [2.05, 4.69) is 14.9 Å². The predicted molar refractivity (Wildman–Crippen MR) is 132 cm³/mol. The lowest BCUT2D eigenvalue weighted by Gasteiger charge is -2.35. The zero-order valence-corrected chi connectivity index (χ0v) is 20.6. The monoisotopic (exact) mass is 497 g/mol. The minimum Gasteiger partial charge on any atom is -0.353 e. The molecule has 4 rings (SSSR count). The summed E-state index contributed by atoms with van der Waals surface area (Å²) in [5.41, 5.74) is 1.96. The molecule has 35 heavy (non-hydrogen) atoms. The molecule has 0 bridgehead atoms. The Hall–Kier alpha value is -3.37. The van der Waals surface area contributed by atoms with E-state index >= 15 is 0 Å². The van der Waals surface area contributed by atoms with E-state index in [-0.39, 0.29) is 16.6 Å². The first-order valence-corrected chi connectivity index (χ1v) is 13.0. The Labute approximate surface area is 205 Å². The first-order valence-electron chi connectivity index (χ1n) is 11.6. The molecule has 0 aliphatic carbocycles. The van der Waals surface area contributed by atoms with Gasteiger partial charge in [0.05, 0.1) is 10.6 Å². The summed E-state index contributed by atoms with van der Waals surface area (Å²) in [6.45, 7) is 6.58. The van der Waals surface area contributed by atoms with Crippen molar-refractivity contribution in [3.63, 3.8) is 0 Å². The van der Waals surface area contributed by atoms with Crippen LogP contribution in [0.3, 0.4) is 0 Å². The second-order valence-corrected chi connectivity index (χ2v) is 10.1. The SMILES string of the molecule is CCN(CC)S(=O)(=O)c1ccc(C(=O)N2CCN(c3cc(-c4ccc(F)cc4)ncn3)CC2)cc1. The lowest BCUT2D eigenvalue weighted by Crippen LogP contribution is -2.49. The van der Waals surface area contributed by atoms with Gasteiger partial charge in [-0.25, -0.2) is 22.8 Å². The van der Waals surface area contributed by atoms with E-state index in [4.69, 9.17) is 0 Å². The number of halogens is 1. The molecule has 2 heterocycles. The van der Waals surface area contributed by atoms with Gasteiger partial charge in [0.1, 0.15) is 18.0 Å². The molecule has 3 aromatic rings. The highest BCUT2D eigenvalue weighted by Gasteiger charge is 2.25. The first-order chi connectivity index (χ1) is 16.8. The summed E-state index contributed by atoms with van der Waals surface area (Å²) in [5.74, 6) is 0.312. The topological polar surface area (TPSA) is 86.7 Å². The Kier molecular flexibility index (Phi) is 7.42. The molecular weight excluding hydrogens is 469 g/mol. The number of carbonyl (C=O) groups is 1. The molecule has 0 atom stereocenters. The molecule has 0 radical (unpaired) electrons. The number of hydrogen-bond acceptors (Lipinski definition) is 6. The lowest BCUT2D eigenvalue weighted by atomic mass is 10.1. The summed E-state index contributed by atoms with van der Waals surface area (Å²) in [6, 6.07) is 14.1. The molecule has 1 saturated heterocycles. The van der Waals surface area contributed by atoms with Gasteiger partial charge in [-0.2, -0.15) is 4.31 Å². The number of amides is 1. The highest BCUT2D eigenvalue weighted by Crippen LogP contribution is 2.23. The Morgan fingerprint density at radius 2 is 1.57 bits per heavy atom. The first kappa shape index (κ1) is 24.7. The quantitative estimate of drug-likeness (QED) is 0.498. The lowest BCUT2D eigenvalue weighted by molar-refractivity contribution is 0.0746. The third-order valence-corrected chi connectivity index (χ3v) is 8.19. The summed E-state index contributed by atoms with van der Waals surface area (Å²) in [5, 5.41) is 0. The molecular formula is C25H28FN5O3S. The largest absolute Gasteiger partial charge is 0.353 e. The number of carbonyl (C=O) groups excluding carboxylic acids is 1. The van der Waals surface area contributed by atoms with Gasteiger partial charge >= 0.3 is 0 Å². The van der Waals surface area contributed by atoms with Crippen LogP contribution in [0.15, 0.2) is 65.8 Å². The molecule has 0 saturated carbocycles. The smallest absolute Gasteiger partial charge is 0.253 e. The van der Waals surface area contributed by atoms with E-state index in [1.54, 1.807) is 43.0 Å². The van der Waals surface area contributed by atoms with Crippen LogP contribution in [0.25, 0.3) is 11.3 Å². The Morgan fingerprint density at radius 3 is 2.17 bits per heavy atom. The van der Waals surface area contributed by atoms with Crippen molar-refractivity contribution in [2.24, 2.45) is 0 Å². The van der Waals surface area contributed by atoms with E-state index in [1.165, 1.54) is 34.9 Å². The molecule has 0 spiro atoms. The van der Waals surface area contributed by atoms with Crippen molar-refractivity contribution < 1.29 is 17.6 Å². The highest BCUT2D eigenvalue weighted by atomic mass is 32.2. The normalized spacial score (nSPS) is 14.4. The van der Waals surface area contributed by atoms with Gasteiger partial charge in [0.2, 0.25) is 10.0 Å². The van der Waals surface area contributed by atoms with Gasteiger partial charge in [0.15, 0.2) is 0 Å². The molecule has 0 N–H and O–H groups in total. The predicted octanol–water partition coefficient (Wildman–Crippen LogP) is 3.28. The van der Waals surface area contributed by atoms with Crippen LogP contribution in [0.5, 0.6) is 0 Å². The number of aromatic nitrogens is 2.